The number of carbonyl (C=O) groups is 2. The molecule has 0 unspecified atom stereocenters. The Bertz CT molecular complexity index is 827. The molecule has 0 radical (unpaired) electrons. The van der Waals surface area contributed by atoms with Crippen molar-refractivity contribution in [3.63, 3.8) is 0 Å². The topological polar surface area (TPSA) is 76.0 Å². The van der Waals surface area contributed by atoms with Gasteiger partial charge in [-0.3, -0.25) is 9.59 Å². The van der Waals surface area contributed by atoms with Crippen LogP contribution in [-0.4, -0.2) is 27.9 Å². The molecule has 2 aromatic heterocycles. The zero-order chi connectivity index (χ0) is 18.2. The molecule has 0 saturated heterocycles. The van der Waals surface area contributed by atoms with E-state index in [2.05, 4.69) is 15.6 Å². The Morgan fingerprint density at radius 1 is 1.08 bits per heavy atom. The largest absolute Gasteiger partial charge is 0.352 e. The van der Waals surface area contributed by atoms with Gasteiger partial charge in [0.15, 0.2) is 0 Å². The molecule has 0 bridgehead atoms. The summed E-state index contributed by atoms with van der Waals surface area (Å²) in [6.07, 6.45) is 5.72. The van der Waals surface area contributed by atoms with Crippen molar-refractivity contribution >= 4 is 23.2 Å². The summed E-state index contributed by atoms with van der Waals surface area (Å²) < 4.78 is 2.00. The van der Waals surface area contributed by atoms with Crippen LogP contribution < -0.4 is 10.6 Å². The third-order valence-electron chi connectivity index (χ3n) is 3.82. The first kappa shape index (κ1) is 17.9. The van der Waals surface area contributed by atoms with Crippen molar-refractivity contribution in [3.8, 4) is 0 Å². The van der Waals surface area contributed by atoms with Gasteiger partial charge in [0.2, 0.25) is 5.91 Å². The van der Waals surface area contributed by atoms with Crippen molar-refractivity contribution in [2.24, 2.45) is 0 Å². The third kappa shape index (κ3) is 5.29. The Balaban J connectivity index is 1.36. The van der Waals surface area contributed by atoms with Crippen molar-refractivity contribution in [2.45, 2.75) is 19.5 Å². The van der Waals surface area contributed by atoms with Gasteiger partial charge in [0.25, 0.3) is 5.91 Å². The smallest absolute Gasteiger partial charge is 0.261 e. The maximum absolute atomic E-state index is 11.9. The molecule has 0 saturated carbocycles. The van der Waals surface area contributed by atoms with Crippen LogP contribution in [0.1, 0.15) is 27.2 Å². The summed E-state index contributed by atoms with van der Waals surface area (Å²) in [4.78, 5) is 28.3. The van der Waals surface area contributed by atoms with E-state index in [1.807, 2.05) is 46.5 Å². The zero-order valence-corrected chi connectivity index (χ0v) is 15.0. The summed E-state index contributed by atoms with van der Waals surface area (Å²) in [7, 11) is 0. The van der Waals surface area contributed by atoms with Crippen molar-refractivity contribution in [2.75, 3.05) is 6.54 Å². The van der Waals surface area contributed by atoms with Gasteiger partial charge < -0.3 is 15.2 Å². The number of amides is 2. The Morgan fingerprint density at radius 2 is 1.88 bits per heavy atom. The minimum Gasteiger partial charge on any atom is -0.352 e. The molecule has 0 spiro atoms. The molecule has 134 valence electrons. The molecule has 6 nitrogen and oxygen atoms in total. The van der Waals surface area contributed by atoms with Gasteiger partial charge in [-0.05, 0) is 22.6 Å². The van der Waals surface area contributed by atoms with Gasteiger partial charge in [0, 0.05) is 38.4 Å². The number of hydrogen-bond acceptors (Lipinski definition) is 4. The predicted octanol–water partition coefficient (Wildman–Crippen LogP) is 2.43. The lowest BCUT2D eigenvalue weighted by Gasteiger charge is -2.08. The van der Waals surface area contributed by atoms with Gasteiger partial charge in [-0.2, -0.15) is 0 Å². The molecule has 0 aliphatic heterocycles. The van der Waals surface area contributed by atoms with Crippen molar-refractivity contribution in [3.05, 3.63) is 76.5 Å². The number of carbonyl (C=O) groups excluding carboxylic acids is 2. The summed E-state index contributed by atoms with van der Waals surface area (Å²) in [6, 6.07) is 11.7. The molecule has 2 N–H and O–H groups in total. The summed E-state index contributed by atoms with van der Waals surface area (Å²) in [5.74, 6) is -0.222. The highest BCUT2D eigenvalue weighted by atomic mass is 32.1. The van der Waals surface area contributed by atoms with E-state index in [1.165, 1.54) is 16.9 Å². The first-order chi connectivity index (χ1) is 12.7. The first-order valence-corrected chi connectivity index (χ1v) is 9.20. The standard InChI is InChI=1S/C19H20N4O2S/c24-18(7-8-21-19(25)17-2-1-11-26-17)22-12-15-3-5-16(6-4-15)13-23-10-9-20-14-23/h1-6,9-11,14H,7-8,12-13H2,(H,21,25)(H,22,24). The number of benzene rings is 1. The lowest BCUT2D eigenvalue weighted by Crippen LogP contribution is -2.30. The molecule has 0 aliphatic rings. The van der Waals surface area contributed by atoms with Crippen molar-refractivity contribution in [1.82, 2.24) is 20.2 Å². The average Bonchev–Trinajstić information content (AvgIpc) is 3.35. The summed E-state index contributed by atoms with van der Waals surface area (Å²) in [6.45, 7) is 1.58. The van der Waals surface area contributed by atoms with Gasteiger partial charge in [0.1, 0.15) is 0 Å². The fraction of sp³-hybridized carbons (Fsp3) is 0.211. The van der Waals surface area contributed by atoms with Gasteiger partial charge >= 0.3 is 0 Å². The molecule has 0 aliphatic carbocycles. The zero-order valence-electron chi connectivity index (χ0n) is 14.2. The molecular formula is C19H20N4O2S. The molecule has 7 heteroatoms. The summed E-state index contributed by atoms with van der Waals surface area (Å²) >= 11 is 1.38. The number of thiophene rings is 1. The minimum absolute atomic E-state index is 0.0843. The maximum Gasteiger partial charge on any atom is 0.261 e. The summed E-state index contributed by atoms with van der Waals surface area (Å²) in [5.41, 5.74) is 2.21. The average molecular weight is 368 g/mol. The van der Waals surface area contributed by atoms with Crippen LogP contribution in [0.25, 0.3) is 0 Å². The van der Waals surface area contributed by atoms with E-state index in [1.54, 1.807) is 18.6 Å². The number of nitrogens with one attached hydrogen (secondary N) is 2. The lowest BCUT2D eigenvalue weighted by atomic mass is 10.1. The number of aromatic nitrogens is 2. The van der Waals surface area contributed by atoms with Gasteiger partial charge in [-0.25, -0.2) is 4.98 Å². The summed E-state index contributed by atoms with van der Waals surface area (Å²) in [5, 5.41) is 7.46. The molecule has 3 rings (SSSR count). The molecule has 2 heterocycles. The number of nitrogens with zero attached hydrogens (tertiary/aromatic N) is 2. The minimum atomic E-state index is -0.138. The number of imidazole rings is 1. The highest BCUT2D eigenvalue weighted by Crippen LogP contribution is 2.08. The van der Waals surface area contributed by atoms with Crippen LogP contribution in [0.3, 0.4) is 0 Å². The SMILES string of the molecule is O=C(CCNC(=O)c1cccs1)NCc1ccc(Cn2ccnc2)cc1. The second-order valence-electron chi connectivity index (χ2n) is 5.81. The van der Waals surface area contributed by atoms with E-state index in [-0.39, 0.29) is 18.2 Å². The molecular weight excluding hydrogens is 348 g/mol. The second kappa shape index (κ2) is 8.96. The maximum atomic E-state index is 11.9. The lowest BCUT2D eigenvalue weighted by molar-refractivity contribution is -0.121. The van der Waals surface area contributed by atoms with Gasteiger partial charge in [0.05, 0.1) is 11.2 Å². The van der Waals surface area contributed by atoms with Crippen LogP contribution in [0, 0.1) is 0 Å². The van der Waals surface area contributed by atoms with Gasteiger partial charge in [-0.15, -0.1) is 11.3 Å². The molecule has 0 fully saturated rings. The van der Waals surface area contributed by atoms with E-state index in [9.17, 15) is 9.59 Å². The van der Waals surface area contributed by atoms with Crippen LogP contribution in [0.2, 0.25) is 0 Å². The Hall–Kier alpha value is -2.93. The van der Waals surface area contributed by atoms with Gasteiger partial charge in [-0.1, -0.05) is 30.3 Å². The fourth-order valence-electron chi connectivity index (χ4n) is 2.43. The fourth-order valence-corrected chi connectivity index (χ4v) is 3.07. The van der Waals surface area contributed by atoms with Crippen LogP contribution >= 0.6 is 11.3 Å². The van der Waals surface area contributed by atoms with Crippen molar-refractivity contribution in [1.29, 1.82) is 0 Å². The Labute approximate surface area is 155 Å². The highest BCUT2D eigenvalue weighted by Gasteiger charge is 2.07. The monoisotopic (exact) mass is 368 g/mol. The molecule has 2 amide bonds. The Kier molecular flexibility index (Phi) is 6.16. The van der Waals surface area contributed by atoms with Crippen LogP contribution in [0.4, 0.5) is 0 Å². The molecule has 26 heavy (non-hydrogen) atoms. The first-order valence-electron chi connectivity index (χ1n) is 8.32. The molecule has 1 aromatic carbocycles. The van der Waals surface area contributed by atoms with Crippen LogP contribution in [0.15, 0.2) is 60.5 Å². The number of hydrogen-bond donors (Lipinski definition) is 2. The number of rotatable bonds is 8. The van der Waals surface area contributed by atoms with E-state index in [0.29, 0.717) is 18.0 Å². The van der Waals surface area contributed by atoms with Crippen molar-refractivity contribution < 1.29 is 9.59 Å². The van der Waals surface area contributed by atoms with Crippen LogP contribution in [-0.2, 0) is 17.9 Å². The van der Waals surface area contributed by atoms with Crippen LogP contribution in [0.5, 0.6) is 0 Å². The third-order valence-corrected chi connectivity index (χ3v) is 4.69. The van der Waals surface area contributed by atoms with E-state index in [4.69, 9.17) is 0 Å². The molecule has 3 aromatic rings. The Morgan fingerprint density at radius 3 is 2.58 bits per heavy atom. The van der Waals surface area contributed by atoms with E-state index < -0.39 is 0 Å². The second-order valence-corrected chi connectivity index (χ2v) is 6.76. The predicted molar refractivity (Wildman–Crippen MR) is 101 cm³/mol. The highest BCUT2D eigenvalue weighted by molar-refractivity contribution is 7.12. The van der Waals surface area contributed by atoms with E-state index >= 15 is 0 Å². The molecule has 0 atom stereocenters. The normalized spacial score (nSPS) is 10.5. The quantitative estimate of drug-likeness (QED) is 0.641. The van der Waals surface area contributed by atoms with E-state index in [0.717, 1.165) is 12.1 Å².